The molecule has 0 radical (unpaired) electrons. The van der Waals surface area contributed by atoms with Gasteiger partial charge in [0.05, 0.1) is 24.2 Å². The van der Waals surface area contributed by atoms with E-state index < -0.39 is 50.5 Å². The van der Waals surface area contributed by atoms with Crippen molar-refractivity contribution in [1.29, 1.82) is 0 Å². The Hall–Kier alpha value is -2.51. The van der Waals surface area contributed by atoms with Crippen molar-refractivity contribution in [3.05, 3.63) is 44.1 Å². The van der Waals surface area contributed by atoms with Crippen LogP contribution in [0.5, 0.6) is 0 Å². The highest BCUT2D eigenvalue weighted by Gasteiger charge is 2.29. The summed E-state index contributed by atoms with van der Waals surface area (Å²) in [4.78, 5) is 51.5. The number of phosphoric acid groups is 1. The van der Waals surface area contributed by atoms with Crippen LogP contribution >= 0.6 is 7.82 Å². The number of aliphatic hydroxyl groups is 3. The highest BCUT2D eigenvalue weighted by atomic mass is 31.2. The van der Waals surface area contributed by atoms with Crippen molar-refractivity contribution < 1.29 is 34.2 Å². The summed E-state index contributed by atoms with van der Waals surface area (Å²) < 4.78 is 16.2. The smallest absolute Gasteiger partial charge is 0.388 e. The number of nitrogens with zero attached hydrogens (tertiary/aromatic N) is 3. The molecule has 0 saturated heterocycles. The average Bonchev–Trinajstić information content (AvgIpc) is 2.67. The molecule has 2 heterocycles. The van der Waals surface area contributed by atoms with Crippen LogP contribution in [-0.4, -0.2) is 69.5 Å². The van der Waals surface area contributed by atoms with Crippen molar-refractivity contribution in [2.45, 2.75) is 38.7 Å². The summed E-state index contributed by atoms with van der Waals surface area (Å²) in [6.45, 7) is 2.29. The first-order valence-electron chi connectivity index (χ1n) is 9.03. The number of hydrogen-bond acceptors (Lipinski definition) is 9. The van der Waals surface area contributed by atoms with Gasteiger partial charge < -0.3 is 29.7 Å². The predicted molar refractivity (Wildman–Crippen MR) is 107 cm³/mol. The number of benzene rings is 1. The Morgan fingerprint density at radius 3 is 2.39 bits per heavy atom. The molecule has 1 aromatic carbocycles. The fraction of sp³-hybridized carbons (Fsp3) is 0.412. The Bertz CT molecular complexity index is 1250. The molecular weight excluding hydrogens is 435 g/mol. The topological polar surface area (TPSA) is 208 Å². The molecular formula is C17H21N4O9P. The zero-order valence-electron chi connectivity index (χ0n) is 16.5. The number of aromatic amines is 1. The first kappa shape index (κ1) is 23.2. The molecule has 31 heavy (non-hydrogen) atoms. The van der Waals surface area contributed by atoms with Crippen LogP contribution in [0.25, 0.3) is 22.6 Å². The van der Waals surface area contributed by atoms with Crippen LogP contribution in [0.2, 0.25) is 0 Å². The molecule has 168 valence electrons. The summed E-state index contributed by atoms with van der Waals surface area (Å²) in [6, 6.07) is 3.41. The third-order valence-electron chi connectivity index (χ3n) is 4.80. The zero-order chi connectivity index (χ0) is 23.1. The SMILES string of the molecule is Cc1cc2nc3c(=O)[nH]c(=O)nc-3n(C[C@H](O)[C@@H](O)[C@H](O)COP(=O)(O)O)c2cc1C. The molecule has 0 spiro atoms. The van der Waals surface area contributed by atoms with Gasteiger partial charge in [-0.15, -0.1) is 0 Å². The summed E-state index contributed by atoms with van der Waals surface area (Å²) in [5.41, 5.74) is 0.618. The van der Waals surface area contributed by atoms with Gasteiger partial charge in [-0.05, 0) is 37.1 Å². The second-order valence-electron chi connectivity index (χ2n) is 7.10. The molecule has 6 N–H and O–H groups in total. The quantitative estimate of drug-likeness (QED) is 0.176. The molecule has 0 aromatic heterocycles. The molecule has 0 unspecified atom stereocenters. The molecule has 0 aliphatic carbocycles. The lowest BCUT2D eigenvalue weighted by Gasteiger charge is -2.25. The van der Waals surface area contributed by atoms with E-state index >= 15 is 0 Å². The fourth-order valence-corrected chi connectivity index (χ4v) is 3.41. The van der Waals surface area contributed by atoms with Crippen molar-refractivity contribution in [3.8, 4) is 11.5 Å². The molecule has 0 bridgehead atoms. The number of rotatable bonds is 7. The van der Waals surface area contributed by atoms with E-state index in [0.29, 0.717) is 11.0 Å². The highest BCUT2D eigenvalue weighted by Crippen LogP contribution is 2.36. The minimum absolute atomic E-state index is 0.142. The van der Waals surface area contributed by atoms with Crippen LogP contribution in [-0.2, 0) is 15.6 Å². The van der Waals surface area contributed by atoms with E-state index in [0.717, 1.165) is 11.1 Å². The summed E-state index contributed by atoms with van der Waals surface area (Å²) >= 11 is 0. The zero-order valence-corrected chi connectivity index (χ0v) is 17.4. The van der Waals surface area contributed by atoms with E-state index in [1.807, 2.05) is 18.8 Å². The third-order valence-corrected chi connectivity index (χ3v) is 5.28. The van der Waals surface area contributed by atoms with Gasteiger partial charge in [-0.3, -0.25) is 14.3 Å². The van der Waals surface area contributed by atoms with Crippen molar-refractivity contribution in [2.75, 3.05) is 6.61 Å². The number of aliphatic hydroxyl groups excluding tert-OH is 3. The number of phosphoric ester groups is 1. The number of fused-ring (bicyclic) bond motifs is 2. The summed E-state index contributed by atoms with van der Waals surface area (Å²) in [5.74, 6) is -0.142. The molecule has 1 aromatic rings. The van der Waals surface area contributed by atoms with Crippen LogP contribution in [0.3, 0.4) is 0 Å². The molecule has 0 saturated carbocycles. The van der Waals surface area contributed by atoms with Gasteiger partial charge in [0.15, 0.2) is 11.5 Å². The molecule has 3 rings (SSSR count). The lowest BCUT2D eigenvalue weighted by molar-refractivity contribution is -0.0793. The molecule has 0 fully saturated rings. The Labute approximate surface area is 174 Å². The second kappa shape index (κ2) is 8.55. The maximum atomic E-state index is 12.2. The van der Waals surface area contributed by atoms with Crippen LogP contribution in [0.1, 0.15) is 11.1 Å². The lowest BCUT2D eigenvalue weighted by atomic mass is 10.1. The largest absolute Gasteiger partial charge is 0.469 e. The molecule has 13 nitrogen and oxygen atoms in total. The molecule has 2 aliphatic heterocycles. The van der Waals surface area contributed by atoms with Gasteiger partial charge in [0.1, 0.15) is 18.3 Å². The third kappa shape index (κ3) is 5.05. The standard InChI is InChI=1S/C17H21N4O9P/c1-7-3-9-10(4-8(7)2)21(15-13(18-9)16(25)20-17(26)19-15)5-11(22)14(24)12(23)6-30-31(27,28)29/h3-4,11-12,14,22-24H,5-6H2,1-2H3,(H,20,25,26)(H2,27,28,29)/t11-,12+,14+/m0/s1. The van der Waals surface area contributed by atoms with Crippen molar-refractivity contribution in [3.63, 3.8) is 0 Å². The molecule has 3 atom stereocenters. The lowest BCUT2D eigenvalue weighted by Crippen LogP contribution is -2.42. The normalized spacial score (nSPS) is 15.3. The number of nitrogens with one attached hydrogen (secondary N) is 1. The van der Waals surface area contributed by atoms with E-state index in [1.54, 1.807) is 12.1 Å². The molecule has 0 amide bonds. The van der Waals surface area contributed by atoms with Crippen LogP contribution in [0, 0.1) is 13.8 Å². The first-order valence-corrected chi connectivity index (χ1v) is 10.6. The van der Waals surface area contributed by atoms with Crippen molar-refractivity contribution >= 4 is 18.9 Å². The maximum Gasteiger partial charge on any atom is 0.469 e. The number of H-pyrrole nitrogens is 1. The molecule has 2 aliphatic rings. The van der Waals surface area contributed by atoms with Gasteiger partial charge >= 0.3 is 13.5 Å². The Morgan fingerprint density at radius 2 is 1.74 bits per heavy atom. The number of hydrogen-bond donors (Lipinski definition) is 6. The van der Waals surface area contributed by atoms with Gasteiger partial charge in [-0.2, -0.15) is 4.98 Å². The van der Waals surface area contributed by atoms with E-state index in [4.69, 9.17) is 9.79 Å². The summed E-state index contributed by atoms with van der Waals surface area (Å²) in [7, 11) is -4.89. The highest BCUT2D eigenvalue weighted by molar-refractivity contribution is 7.46. The van der Waals surface area contributed by atoms with Gasteiger partial charge in [0.2, 0.25) is 0 Å². The second-order valence-corrected chi connectivity index (χ2v) is 8.34. The summed E-state index contributed by atoms with van der Waals surface area (Å²) in [6.07, 6.45) is -5.40. The Kier molecular flexibility index (Phi) is 6.39. The van der Waals surface area contributed by atoms with Crippen LogP contribution < -0.4 is 11.2 Å². The summed E-state index contributed by atoms with van der Waals surface area (Å²) in [5, 5.41) is 30.5. The van der Waals surface area contributed by atoms with E-state index in [-0.39, 0.29) is 11.5 Å². The first-order chi connectivity index (χ1) is 14.4. The number of aromatic nitrogens is 4. The van der Waals surface area contributed by atoms with Crippen molar-refractivity contribution in [1.82, 2.24) is 19.5 Å². The van der Waals surface area contributed by atoms with Crippen LogP contribution in [0.4, 0.5) is 0 Å². The molecule has 14 heteroatoms. The minimum Gasteiger partial charge on any atom is -0.388 e. The van der Waals surface area contributed by atoms with Gasteiger partial charge in [-0.1, -0.05) is 0 Å². The van der Waals surface area contributed by atoms with Crippen molar-refractivity contribution in [2.24, 2.45) is 0 Å². The Morgan fingerprint density at radius 1 is 1.10 bits per heavy atom. The fourth-order valence-electron chi connectivity index (χ4n) is 3.06. The predicted octanol–water partition coefficient (Wildman–Crippen LogP) is -1.61. The van der Waals surface area contributed by atoms with Crippen LogP contribution in [0.15, 0.2) is 21.7 Å². The van der Waals surface area contributed by atoms with E-state index in [2.05, 4.69) is 14.5 Å². The van der Waals surface area contributed by atoms with E-state index in [1.165, 1.54) is 4.57 Å². The maximum absolute atomic E-state index is 12.2. The van der Waals surface area contributed by atoms with Gasteiger partial charge in [0, 0.05) is 0 Å². The van der Waals surface area contributed by atoms with E-state index in [9.17, 15) is 29.5 Å². The average molecular weight is 456 g/mol. The monoisotopic (exact) mass is 456 g/mol. The van der Waals surface area contributed by atoms with Gasteiger partial charge in [-0.25, -0.2) is 14.3 Å². The minimum atomic E-state index is -4.89. The number of aryl methyl sites for hydroxylation is 2. The van der Waals surface area contributed by atoms with Gasteiger partial charge in [0.25, 0.3) is 5.56 Å². The Balaban J connectivity index is 2.06.